The van der Waals surface area contributed by atoms with Crippen molar-refractivity contribution >= 4 is 49.3 Å². The third kappa shape index (κ3) is 5.32. The highest BCUT2D eigenvalue weighted by molar-refractivity contribution is 6.33. The number of hydrogen-bond acceptors (Lipinski definition) is 3. The van der Waals surface area contributed by atoms with E-state index >= 15 is 0 Å². The summed E-state index contributed by atoms with van der Waals surface area (Å²) in [5.41, 5.74) is 1.29. The van der Waals surface area contributed by atoms with E-state index in [0.29, 0.717) is 13.2 Å². The number of nitrogens with zero attached hydrogens (tertiary/aromatic N) is 1. The number of benzene rings is 5. The Bertz CT molecular complexity index is 1390. The van der Waals surface area contributed by atoms with Gasteiger partial charge in [-0.05, 0) is 67.9 Å². The average Bonchev–Trinajstić information content (AvgIpc) is 2.92. The lowest BCUT2D eigenvalue weighted by Gasteiger charge is -2.15. The number of aliphatic hydroxyl groups excluding tert-OH is 1. The van der Waals surface area contributed by atoms with Crippen LogP contribution in [0.1, 0.15) is 63.4 Å². The van der Waals surface area contributed by atoms with E-state index in [1.807, 2.05) is 6.21 Å². The Morgan fingerprint density at radius 1 is 0.583 bits per heavy atom. The van der Waals surface area contributed by atoms with Crippen LogP contribution in [0.2, 0.25) is 0 Å². The number of oxime groups is 1. The molecule has 3 heteroatoms. The fourth-order valence-corrected chi connectivity index (χ4v) is 5.64. The van der Waals surface area contributed by atoms with E-state index in [0.717, 1.165) is 25.7 Å². The summed E-state index contributed by atoms with van der Waals surface area (Å²) in [6.45, 7) is 1.02. The lowest BCUT2D eigenvalue weighted by molar-refractivity contribution is 0.140. The summed E-state index contributed by atoms with van der Waals surface area (Å²) in [6, 6.07) is 24.5. The second kappa shape index (κ2) is 12.2. The smallest absolute Gasteiger partial charge is 0.117 e. The largest absolute Gasteiger partial charge is 0.396 e. The zero-order valence-electron chi connectivity index (χ0n) is 21.2. The molecule has 0 bridgehead atoms. The summed E-state index contributed by atoms with van der Waals surface area (Å²) in [5, 5.41) is 23.7. The molecule has 3 nitrogen and oxygen atoms in total. The lowest BCUT2D eigenvalue weighted by atomic mass is 9.88. The van der Waals surface area contributed by atoms with Crippen molar-refractivity contribution in [2.45, 2.75) is 64.2 Å². The van der Waals surface area contributed by atoms with E-state index in [9.17, 15) is 0 Å². The van der Waals surface area contributed by atoms with E-state index in [4.69, 9.17) is 9.94 Å². The topological polar surface area (TPSA) is 41.8 Å². The first-order chi connectivity index (χ1) is 17.9. The second-order valence-corrected chi connectivity index (χ2v) is 9.94. The second-order valence-electron chi connectivity index (χ2n) is 9.94. The molecule has 0 amide bonds. The standard InChI is InChI=1S/C33H37NO2/c35-23-8-6-4-2-1-3-5-7-9-24-36-34-22-21-25-19-20-31-29-17-11-14-26-13-10-16-28(32(26)29)30-18-12-15-27(25)33(30)31/h10-20,22,35H,1-9,21,23-24H2. The highest BCUT2D eigenvalue weighted by Crippen LogP contribution is 2.40. The van der Waals surface area contributed by atoms with Gasteiger partial charge in [-0.1, -0.05) is 110 Å². The molecule has 36 heavy (non-hydrogen) atoms. The maximum Gasteiger partial charge on any atom is 0.117 e. The zero-order chi connectivity index (χ0) is 24.6. The highest BCUT2D eigenvalue weighted by Gasteiger charge is 2.13. The summed E-state index contributed by atoms with van der Waals surface area (Å²) in [6.07, 6.45) is 13.5. The summed E-state index contributed by atoms with van der Waals surface area (Å²) < 4.78 is 0. The van der Waals surface area contributed by atoms with Crippen LogP contribution in [0.25, 0.3) is 43.1 Å². The van der Waals surface area contributed by atoms with Crippen molar-refractivity contribution in [2.75, 3.05) is 13.2 Å². The molecular weight excluding hydrogens is 442 g/mol. The van der Waals surface area contributed by atoms with Gasteiger partial charge in [0.15, 0.2) is 0 Å². The Morgan fingerprint density at radius 3 is 1.83 bits per heavy atom. The zero-order valence-corrected chi connectivity index (χ0v) is 21.2. The molecule has 5 aromatic rings. The highest BCUT2D eigenvalue weighted by atomic mass is 16.6. The van der Waals surface area contributed by atoms with E-state index < -0.39 is 0 Å². The van der Waals surface area contributed by atoms with Crippen LogP contribution in [0, 0.1) is 0 Å². The molecule has 1 N–H and O–H groups in total. The van der Waals surface area contributed by atoms with E-state index in [2.05, 4.69) is 71.9 Å². The van der Waals surface area contributed by atoms with Gasteiger partial charge in [-0.25, -0.2) is 0 Å². The number of rotatable bonds is 14. The molecule has 5 rings (SSSR count). The van der Waals surface area contributed by atoms with E-state index in [1.54, 1.807) is 0 Å². The van der Waals surface area contributed by atoms with Crippen molar-refractivity contribution in [3.8, 4) is 0 Å². The first-order valence-corrected chi connectivity index (χ1v) is 13.7. The number of fused-ring (bicyclic) bond motifs is 2. The molecule has 0 aliphatic heterocycles. The van der Waals surface area contributed by atoms with Crippen LogP contribution in [0.3, 0.4) is 0 Å². The monoisotopic (exact) mass is 479 g/mol. The number of aliphatic hydroxyl groups is 1. The summed E-state index contributed by atoms with van der Waals surface area (Å²) in [4.78, 5) is 5.55. The molecule has 0 atom stereocenters. The molecule has 0 aromatic heterocycles. The third-order valence-electron chi connectivity index (χ3n) is 7.47. The predicted molar refractivity (Wildman–Crippen MR) is 154 cm³/mol. The average molecular weight is 480 g/mol. The van der Waals surface area contributed by atoms with Gasteiger partial charge >= 0.3 is 0 Å². The SMILES string of the molecule is OCCCCCCCCCCCON=CCc1ccc2c3cccc4cccc(c5cccc1c52)c43. The first-order valence-electron chi connectivity index (χ1n) is 13.7. The molecule has 0 heterocycles. The molecule has 0 aliphatic carbocycles. The fraction of sp³-hybridized carbons (Fsp3) is 0.364. The van der Waals surface area contributed by atoms with Gasteiger partial charge in [-0.15, -0.1) is 0 Å². The van der Waals surface area contributed by atoms with Crippen molar-refractivity contribution in [1.82, 2.24) is 0 Å². The molecule has 0 radical (unpaired) electrons. The van der Waals surface area contributed by atoms with Gasteiger partial charge in [0.2, 0.25) is 0 Å². The Balaban J connectivity index is 1.17. The Labute approximate surface area is 214 Å². The minimum absolute atomic E-state index is 0.332. The van der Waals surface area contributed by atoms with Crippen LogP contribution < -0.4 is 0 Å². The quantitative estimate of drug-likeness (QED) is 0.0568. The summed E-state index contributed by atoms with van der Waals surface area (Å²) in [5.74, 6) is 0. The van der Waals surface area contributed by atoms with Gasteiger partial charge in [0.25, 0.3) is 0 Å². The third-order valence-corrected chi connectivity index (χ3v) is 7.47. The number of hydrogen-bond donors (Lipinski definition) is 1. The number of unbranched alkanes of at least 4 members (excludes halogenated alkanes) is 8. The summed E-state index contributed by atoms with van der Waals surface area (Å²) >= 11 is 0. The Kier molecular flexibility index (Phi) is 8.30. The normalized spacial score (nSPS) is 12.1. The molecule has 0 unspecified atom stereocenters. The van der Waals surface area contributed by atoms with Crippen molar-refractivity contribution in [1.29, 1.82) is 0 Å². The van der Waals surface area contributed by atoms with Gasteiger partial charge in [0.05, 0.1) is 0 Å². The van der Waals surface area contributed by atoms with Crippen LogP contribution in [-0.4, -0.2) is 24.5 Å². The fourth-order valence-electron chi connectivity index (χ4n) is 5.64. The van der Waals surface area contributed by atoms with Crippen molar-refractivity contribution in [2.24, 2.45) is 5.16 Å². The van der Waals surface area contributed by atoms with Crippen LogP contribution >= 0.6 is 0 Å². The van der Waals surface area contributed by atoms with E-state index in [-0.39, 0.29) is 0 Å². The molecule has 186 valence electrons. The van der Waals surface area contributed by atoms with Crippen molar-refractivity contribution < 1.29 is 9.94 Å². The Hall–Kier alpha value is -3.17. The van der Waals surface area contributed by atoms with Gasteiger partial charge in [0.1, 0.15) is 6.61 Å². The minimum Gasteiger partial charge on any atom is -0.396 e. The van der Waals surface area contributed by atoms with Gasteiger partial charge in [0, 0.05) is 19.2 Å². The van der Waals surface area contributed by atoms with Crippen LogP contribution in [0.4, 0.5) is 0 Å². The molecule has 0 spiro atoms. The first kappa shape index (κ1) is 24.5. The molecular formula is C33H37NO2. The summed E-state index contributed by atoms with van der Waals surface area (Å²) in [7, 11) is 0. The minimum atomic E-state index is 0.332. The predicted octanol–water partition coefficient (Wildman–Crippen LogP) is 8.79. The van der Waals surface area contributed by atoms with Gasteiger partial charge in [-0.3, -0.25) is 0 Å². The maximum atomic E-state index is 8.81. The molecule has 5 aromatic carbocycles. The van der Waals surface area contributed by atoms with Crippen molar-refractivity contribution in [3.63, 3.8) is 0 Å². The van der Waals surface area contributed by atoms with Gasteiger partial charge in [-0.2, -0.15) is 0 Å². The van der Waals surface area contributed by atoms with Gasteiger partial charge < -0.3 is 9.94 Å². The molecule has 0 fully saturated rings. The Morgan fingerprint density at radius 2 is 1.14 bits per heavy atom. The van der Waals surface area contributed by atoms with Crippen LogP contribution in [0.15, 0.2) is 71.9 Å². The van der Waals surface area contributed by atoms with Crippen molar-refractivity contribution in [3.05, 3.63) is 72.3 Å². The lowest BCUT2D eigenvalue weighted by Crippen LogP contribution is -1.94. The van der Waals surface area contributed by atoms with E-state index in [1.165, 1.54) is 87.2 Å². The maximum absolute atomic E-state index is 8.81. The van der Waals surface area contributed by atoms with Crippen LogP contribution in [0.5, 0.6) is 0 Å². The van der Waals surface area contributed by atoms with Crippen LogP contribution in [-0.2, 0) is 11.3 Å². The molecule has 0 aliphatic rings. The molecule has 0 saturated carbocycles. The molecule has 0 saturated heterocycles.